The summed E-state index contributed by atoms with van der Waals surface area (Å²) in [7, 11) is 0. The summed E-state index contributed by atoms with van der Waals surface area (Å²) >= 11 is 0. The normalized spacial score (nSPS) is 30.3. The Kier molecular flexibility index (Phi) is 8.10. The van der Waals surface area contributed by atoms with Crippen molar-refractivity contribution in [3.05, 3.63) is 29.8 Å². The number of benzene rings is 1. The first-order chi connectivity index (χ1) is 19.9. The van der Waals surface area contributed by atoms with Crippen molar-refractivity contribution in [3.63, 3.8) is 0 Å². The van der Waals surface area contributed by atoms with Crippen LogP contribution in [0.3, 0.4) is 0 Å². The van der Waals surface area contributed by atoms with E-state index in [1.807, 2.05) is 6.08 Å². The number of likely N-dealkylation sites (tertiary alicyclic amines) is 1. The zero-order valence-electron chi connectivity index (χ0n) is 25.0. The summed E-state index contributed by atoms with van der Waals surface area (Å²) in [6.07, 6.45) is 16.1. The number of phenols is 1. The lowest BCUT2D eigenvalue weighted by Gasteiger charge is -2.60. The third-order valence-corrected chi connectivity index (χ3v) is 11.1. The maximum atomic E-state index is 13.8. The molecule has 41 heavy (non-hydrogen) atoms. The van der Waals surface area contributed by atoms with Crippen molar-refractivity contribution in [1.82, 2.24) is 9.80 Å². The van der Waals surface area contributed by atoms with E-state index in [2.05, 4.69) is 23.3 Å². The van der Waals surface area contributed by atoms with Crippen molar-refractivity contribution in [2.45, 2.75) is 121 Å². The van der Waals surface area contributed by atoms with Gasteiger partial charge in [-0.2, -0.15) is 0 Å². The molecule has 1 spiro atoms. The Morgan fingerprint density at radius 1 is 1.22 bits per heavy atom. The molecule has 2 saturated carbocycles. The van der Waals surface area contributed by atoms with Gasteiger partial charge < -0.3 is 19.5 Å². The highest BCUT2D eigenvalue weighted by Gasteiger charge is 2.67. The van der Waals surface area contributed by atoms with Crippen LogP contribution in [0.15, 0.2) is 18.7 Å². The fraction of sp³-hybridized carbons (Fsp3) is 0.706. The zero-order chi connectivity index (χ0) is 28.7. The average Bonchev–Trinajstić information content (AvgIpc) is 3.30. The van der Waals surface area contributed by atoms with Gasteiger partial charge in [-0.1, -0.05) is 51.0 Å². The Balaban J connectivity index is 1.28. The molecule has 1 aromatic carbocycles. The van der Waals surface area contributed by atoms with Crippen LogP contribution in [-0.2, 0) is 21.4 Å². The van der Waals surface area contributed by atoms with Crippen molar-refractivity contribution < 1.29 is 24.2 Å². The van der Waals surface area contributed by atoms with Gasteiger partial charge >= 0.3 is 5.97 Å². The molecule has 7 heteroatoms. The summed E-state index contributed by atoms with van der Waals surface area (Å²) in [6, 6.07) is 1.80. The fourth-order valence-electron chi connectivity index (χ4n) is 9.52. The first kappa shape index (κ1) is 28.6. The van der Waals surface area contributed by atoms with Crippen molar-refractivity contribution in [3.8, 4) is 17.2 Å². The maximum Gasteiger partial charge on any atom is 0.308 e. The lowest BCUT2D eigenvalue weighted by Crippen LogP contribution is -2.69. The number of likely N-dealkylation sites (N-methyl/N-ethyl adjacent to an activating group) is 1. The summed E-state index contributed by atoms with van der Waals surface area (Å²) in [6.45, 7) is 9.86. The summed E-state index contributed by atoms with van der Waals surface area (Å²) in [4.78, 5) is 30.4. The van der Waals surface area contributed by atoms with Gasteiger partial charge in [0, 0.05) is 55.1 Å². The van der Waals surface area contributed by atoms with Crippen molar-refractivity contribution in [2.75, 3.05) is 19.6 Å². The molecule has 5 aliphatic rings. The summed E-state index contributed by atoms with van der Waals surface area (Å²) in [5.74, 6) is 2.09. The second kappa shape index (κ2) is 11.6. The highest BCUT2D eigenvalue weighted by Crippen LogP contribution is 2.65. The lowest BCUT2D eigenvalue weighted by molar-refractivity contribution is -0.142. The first-order valence-electron chi connectivity index (χ1n) is 16.3. The number of nitrogens with zero attached hydrogens (tertiary/aromatic N) is 2. The number of carbonyl (C=O) groups is 2. The number of phenolic OH excluding ortho intramolecular Hbond substituents is 1. The van der Waals surface area contributed by atoms with Gasteiger partial charge in [0.1, 0.15) is 11.9 Å². The Hall–Kier alpha value is -2.54. The minimum atomic E-state index is -0.433. The summed E-state index contributed by atoms with van der Waals surface area (Å²) in [5.41, 5.74) is 1.65. The molecule has 1 amide bonds. The van der Waals surface area contributed by atoms with E-state index >= 15 is 0 Å². The zero-order valence-corrected chi connectivity index (χ0v) is 25.0. The number of piperidine rings is 1. The Morgan fingerprint density at radius 3 is 2.76 bits per heavy atom. The van der Waals surface area contributed by atoms with Gasteiger partial charge in [0.15, 0.2) is 11.5 Å². The molecular formula is C34H48N2O5. The molecule has 3 fully saturated rings. The average molecular weight is 565 g/mol. The highest BCUT2D eigenvalue weighted by molar-refractivity contribution is 5.77. The second-order valence-corrected chi connectivity index (χ2v) is 13.2. The number of unbranched alkanes of at least 4 members (excludes halogenated alkanes) is 1. The minimum Gasteiger partial charge on any atom is -0.508 e. The van der Waals surface area contributed by atoms with Crippen LogP contribution in [0, 0.1) is 11.8 Å². The number of hydrogen-bond acceptors (Lipinski definition) is 6. The number of carbonyl (C=O) groups excluding carboxylic acids is 2. The molecule has 1 N–H and O–H groups in total. The van der Waals surface area contributed by atoms with E-state index in [1.54, 1.807) is 6.07 Å². The topological polar surface area (TPSA) is 79.3 Å². The molecule has 5 atom stereocenters. The molecule has 224 valence electrons. The maximum absolute atomic E-state index is 13.8. The van der Waals surface area contributed by atoms with Crippen molar-refractivity contribution in [2.24, 2.45) is 11.8 Å². The van der Waals surface area contributed by atoms with Crippen LogP contribution in [0.25, 0.3) is 0 Å². The van der Waals surface area contributed by atoms with Crippen LogP contribution in [0.2, 0.25) is 0 Å². The molecule has 3 aliphatic carbocycles. The third kappa shape index (κ3) is 4.86. The first-order valence-corrected chi connectivity index (χ1v) is 16.3. The highest BCUT2D eigenvalue weighted by atomic mass is 16.6. The predicted octanol–water partition coefficient (Wildman–Crippen LogP) is 5.90. The Labute approximate surface area is 245 Å². The van der Waals surface area contributed by atoms with Gasteiger partial charge in [-0.15, -0.1) is 6.58 Å². The van der Waals surface area contributed by atoms with E-state index in [0.29, 0.717) is 30.4 Å². The quantitative estimate of drug-likeness (QED) is 0.165. The largest absolute Gasteiger partial charge is 0.508 e. The fourth-order valence-corrected chi connectivity index (χ4v) is 9.52. The number of ether oxygens (including phenoxy) is 2. The third-order valence-electron chi connectivity index (χ3n) is 11.1. The SMILES string of the molecule is C=CCN1CC[C@]23c4c5c(O)cc(OC(C)=O)c4O[C@H]2[C@@H](N(CC)C(=O)CCCCC2CCCCC2)CC[C@H]3[C@H]1C5. The molecule has 0 aromatic heterocycles. The molecule has 0 unspecified atom stereocenters. The van der Waals surface area contributed by atoms with Crippen LogP contribution in [0.5, 0.6) is 17.2 Å². The van der Waals surface area contributed by atoms with Crippen molar-refractivity contribution >= 4 is 11.9 Å². The van der Waals surface area contributed by atoms with Gasteiger partial charge in [0.2, 0.25) is 5.91 Å². The molecule has 0 radical (unpaired) electrons. The van der Waals surface area contributed by atoms with Crippen LogP contribution in [0.4, 0.5) is 0 Å². The van der Waals surface area contributed by atoms with E-state index in [9.17, 15) is 14.7 Å². The number of rotatable bonds is 10. The van der Waals surface area contributed by atoms with Gasteiger partial charge in [0.05, 0.1) is 6.04 Å². The smallest absolute Gasteiger partial charge is 0.308 e. The molecule has 7 nitrogen and oxygen atoms in total. The number of esters is 1. The van der Waals surface area contributed by atoms with Gasteiger partial charge in [-0.05, 0) is 57.4 Å². The van der Waals surface area contributed by atoms with Gasteiger partial charge in [-0.3, -0.25) is 14.5 Å². The van der Waals surface area contributed by atoms with E-state index in [-0.39, 0.29) is 35.3 Å². The molecular weight excluding hydrogens is 516 g/mol. The molecule has 6 rings (SSSR count). The van der Waals surface area contributed by atoms with E-state index in [0.717, 1.165) is 68.7 Å². The van der Waals surface area contributed by atoms with Crippen LogP contribution in [0.1, 0.15) is 102 Å². The molecule has 2 aliphatic heterocycles. The van der Waals surface area contributed by atoms with E-state index < -0.39 is 5.97 Å². The van der Waals surface area contributed by atoms with Crippen LogP contribution >= 0.6 is 0 Å². The standard InChI is InChI=1S/C34H48N2O5/c1-4-18-35-19-17-34-25-15-16-26(36(5-2)30(39)14-10-9-13-23-11-7-6-8-12-23)33(34)41-32-29(40-22(3)37)21-28(38)24(31(32)34)20-27(25)35/h4,21,23,25-27,33,38H,1,5-20H2,2-3H3/t25-,26-,27+,33-,34-/m0/s1. The molecule has 2 bridgehead atoms. The van der Waals surface area contributed by atoms with Crippen molar-refractivity contribution in [1.29, 1.82) is 0 Å². The van der Waals surface area contributed by atoms with E-state index in [4.69, 9.17) is 9.47 Å². The second-order valence-electron chi connectivity index (χ2n) is 13.2. The number of amides is 1. The Bertz CT molecular complexity index is 1180. The van der Waals surface area contributed by atoms with E-state index in [1.165, 1.54) is 45.4 Å². The minimum absolute atomic E-state index is 0.0423. The lowest BCUT2D eigenvalue weighted by atomic mass is 9.50. The Morgan fingerprint density at radius 2 is 2.02 bits per heavy atom. The predicted molar refractivity (Wildman–Crippen MR) is 158 cm³/mol. The van der Waals surface area contributed by atoms with Gasteiger partial charge in [0.25, 0.3) is 0 Å². The molecule has 2 heterocycles. The summed E-state index contributed by atoms with van der Waals surface area (Å²) < 4.78 is 12.5. The molecule has 1 saturated heterocycles. The number of aromatic hydroxyl groups is 1. The summed E-state index contributed by atoms with van der Waals surface area (Å²) in [5, 5.41) is 11.2. The van der Waals surface area contributed by atoms with Gasteiger partial charge in [-0.25, -0.2) is 0 Å². The number of hydrogen-bond donors (Lipinski definition) is 1. The van der Waals surface area contributed by atoms with Crippen LogP contribution < -0.4 is 9.47 Å². The monoisotopic (exact) mass is 564 g/mol. The molecule has 1 aromatic rings. The van der Waals surface area contributed by atoms with Crippen LogP contribution in [-0.4, -0.2) is 64.6 Å².